The first kappa shape index (κ1) is 26.3. The highest BCUT2D eigenvalue weighted by Crippen LogP contribution is 2.34. The predicted molar refractivity (Wildman–Crippen MR) is 134 cm³/mol. The molecule has 8 nitrogen and oxygen atoms in total. The largest absolute Gasteiger partial charge is 0.494 e. The van der Waals surface area contributed by atoms with E-state index in [2.05, 4.69) is 10.6 Å². The van der Waals surface area contributed by atoms with Crippen LogP contribution in [0.5, 0.6) is 11.5 Å². The van der Waals surface area contributed by atoms with Gasteiger partial charge in [0.2, 0.25) is 0 Å². The molecule has 35 heavy (non-hydrogen) atoms. The third-order valence-electron chi connectivity index (χ3n) is 5.83. The maximum Gasteiger partial charge on any atom is 0.333 e. The van der Waals surface area contributed by atoms with Crippen LogP contribution >= 0.6 is 0 Å². The molecule has 0 radical (unpaired) electrons. The van der Waals surface area contributed by atoms with Crippen LogP contribution in [0.1, 0.15) is 56.7 Å². The number of amidine groups is 1. The first-order valence-corrected chi connectivity index (χ1v) is 12.1. The van der Waals surface area contributed by atoms with Crippen LogP contribution in [0.2, 0.25) is 0 Å². The minimum atomic E-state index is -1.14. The van der Waals surface area contributed by atoms with Crippen molar-refractivity contribution in [1.82, 2.24) is 5.32 Å². The summed E-state index contributed by atoms with van der Waals surface area (Å²) in [6, 6.07) is 8.85. The van der Waals surface area contributed by atoms with Crippen molar-refractivity contribution >= 4 is 17.5 Å². The number of carbonyl (C=O) groups excluding carboxylic acids is 1. The zero-order valence-electron chi connectivity index (χ0n) is 20.4. The van der Waals surface area contributed by atoms with Crippen LogP contribution in [0.3, 0.4) is 0 Å². The Labute approximate surface area is 205 Å². The fraction of sp³-hybridized carbons (Fsp3) is 0.462. The predicted octanol–water partition coefficient (Wildman–Crippen LogP) is 4.14. The summed E-state index contributed by atoms with van der Waals surface area (Å²) in [6.45, 7) is 5.37. The summed E-state index contributed by atoms with van der Waals surface area (Å²) in [5.41, 5.74) is 6.67. The highest BCUT2D eigenvalue weighted by molar-refractivity contribution is 5.95. The van der Waals surface area contributed by atoms with Gasteiger partial charge >= 0.3 is 5.97 Å². The Bertz CT molecular complexity index is 994. The Balaban J connectivity index is 1.87. The summed E-state index contributed by atoms with van der Waals surface area (Å²) >= 11 is 0. The standard InChI is InChI=1S/C26H35FN4O4/c1-3-33-20-15-21(23(27)22(16-20)35-14-12-18-7-5-6-13-30-18)24(26(32)34-4-2)31-19-10-8-17(9-11-19)25(28)29/h8-11,15-16,18,24,30-31H,3-7,12-14H2,1-2H3,(H3,28,29). The molecule has 9 heteroatoms. The minimum Gasteiger partial charge on any atom is -0.494 e. The van der Waals surface area contributed by atoms with E-state index in [1.54, 1.807) is 31.2 Å². The first-order valence-electron chi connectivity index (χ1n) is 12.1. The average Bonchev–Trinajstić information content (AvgIpc) is 2.85. The third kappa shape index (κ3) is 7.32. The zero-order chi connectivity index (χ0) is 25.2. The van der Waals surface area contributed by atoms with Crippen molar-refractivity contribution in [2.45, 2.75) is 51.6 Å². The number of benzene rings is 2. The average molecular weight is 487 g/mol. The van der Waals surface area contributed by atoms with Crippen molar-refractivity contribution in [3.8, 4) is 11.5 Å². The lowest BCUT2D eigenvalue weighted by Crippen LogP contribution is -2.35. The Morgan fingerprint density at radius 3 is 2.60 bits per heavy atom. The number of rotatable bonds is 12. The molecule has 3 rings (SSSR count). The van der Waals surface area contributed by atoms with E-state index in [-0.39, 0.29) is 23.8 Å². The quantitative estimate of drug-likeness (QED) is 0.202. The zero-order valence-corrected chi connectivity index (χ0v) is 20.4. The van der Waals surface area contributed by atoms with Gasteiger partial charge in [0.15, 0.2) is 17.6 Å². The molecule has 190 valence electrons. The number of nitrogens with two attached hydrogens (primary N) is 1. The van der Waals surface area contributed by atoms with Gasteiger partial charge in [-0.25, -0.2) is 9.18 Å². The van der Waals surface area contributed by atoms with E-state index in [1.807, 2.05) is 6.92 Å². The van der Waals surface area contributed by atoms with Gasteiger partial charge in [-0.2, -0.15) is 0 Å². The number of piperidine rings is 1. The van der Waals surface area contributed by atoms with Crippen molar-refractivity contribution in [2.24, 2.45) is 5.73 Å². The van der Waals surface area contributed by atoms with Crippen LogP contribution in [0.25, 0.3) is 0 Å². The van der Waals surface area contributed by atoms with Gasteiger partial charge in [0.05, 0.1) is 19.8 Å². The fourth-order valence-corrected chi connectivity index (χ4v) is 4.04. The molecule has 2 aromatic rings. The molecule has 0 spiro atoms. The molecule has 1 heterocycles. The van der Waals surface area contributed by atoms with Gasteiger partial charge in [0.1, 0.15) is 11.6 Å². The van der Waals surface area contributed by atoms with Crippen LogP contribution in [0, 0.1) is 11.2 Å². The van der Waals surface area contributed by atoms with Gasteiger partial charge in [0.25, 0.3) is 0 Å². The van der Waals surface area contributed by atoms with Crippen LogP contribution in [0.4, 0.5) is 10.1 Å². The van der Waals surface area contributed by atoms with Crippen molar-refractivity contribution in [3.63, 3.8) is 0 Å². The second-order valence-corrected chi connectivity index (χ2v) is 8.36. The van der Waals surface area contributed by atoms with Crippen molar-refractivity contribution in [3.05, 3.63) is 53.3 Å². The van der Waals surface area contributed by atoms with Crippen LogP contribution in [0.15, 0.2) is 36.4 Å². The second kappa shape index (κ2) is 12.9. The highest BCUT2D eigenvalue weighted by Gasteiger charge is 2.28. The molecule has 2 unspecified atom stereocenters. The lowest BCUT2D eigenvalue weighted by Gasteiger charge is -2.24. The molecule has 1 aliphatic rings. The number of ether oxygens (including phenoxy) is 3. The fourth-order valence-electron chi connectivity index (χ4n) is 4.04. The number of hydrogen-bond acceptors (Lipinski definition) is 7. The van der Waals surface area contributed by atoms with Crippen LogP contribution < -0.4 is 25.8 Å². The van der Waals surface area contributed by atoms with Crippen molar-refractivity contribution in [2.75, 3.05) is 31.7 Å². The molecule has 0 aliphatic carbocycles. The smallest absolute Gasteiger partial charge is 0.333 e. The Kier molecular flexibility index (Phi) is 9.72. The Morgan fingerprint density at radius 1 is 1.20 bits per heavy atom. The monoisotopic (exact) mass is 486 g/mol. The number of hydrogen-bond donors (Lipinski definition) is 4. The molecule has 1 aliphatic heterocycles. The molecule has 1 saturated heterocycles. The van der Waals surface area contributed by atoms with Gasteiger partial charge in [-0.05, 0) is 70.0 Å². The molecule has 5 N–H and O–H groups in total. The number of carbonyl (C=O) groups is 1. The maximum atomic E-state index is 15.7. The van der Waals surface area contributed by atoms with E-state index in [9.17, 15) is 4.79 Å². The number of esters is 1. The van der Waals surface area contributed by atoms with E-state index < -0.39 is 17.8 Å². The van der Waals surface area contributed by atoms with Gasteiger partial charge in [-0.3, -0.25) is 5.41 Å². The van der Waals surface area contributed by atoms with Crippen LogP contribution in [-0.4, -0.2) is 44.2 Å². The second-order valence-electron chi connectivity index (χ2n) is 8.36. The lowest BCUT2D eigenvalue weighted by molar-refractivity contribution is -0.144. The number of halogens is 1. The minimum absolute atomic E-state index is 0.0322. The molecule has 0 bridgehead atoms. The van der Waals surface area contributed by atoms with Gasteiger partial charge in [-0.15, -0.1) is 0 Å². The SMILES string of the molecule is CCOC(=O)C(Nc1ccc(C(=N)N)cc1)c1cc(OCC)cc(OCCC2CCCCN2)c1F. The van der Waals surface area contributed by atoms with Crippen molar-refractivity contribution < 1.29 is 23.4 Å². The summed E-state index contributed by atoms with van der Waals surface area (Å²) in [5.74, 6) is -0.911. The normalized spacial score (nSPS) is 16.3. The lowest BCUT2D eigenvalue weighted by atomic mass is 10.0. The Morgan fingerprint density at radius 2 is 1.97 bits per heavy atom. The highest BCUT2D eigenvalue weighted by atomic mass is 19.1. The van der Waals surface area contributed by atoms with E-state index in [0.29, 0.717) is 36.3 Å². The molecule has 0 aromatic heterocycles. The van der Waals surface area contributed by atoms with E-state index in [4.69, 9.17) is 25.4 Å². The van der Waals surface area contributed by atoms with Gasteiger partial charge in [-0.1, -0.05) is 6.42 Å². The maximum absolute atomic E-state index is 15.7. The Hall–Kier alpha value is -3.33. The molecule has 0 amide bonds. The molecule has 0 saturated carbocycles. The summed E-state index contributed by atoms with van der Waals surface area (Å²) in [4.78, 5) is 12.9. The van der Waals surface area contributed by atoms with Gasteiger partial charge in [0, 0.05) is 28.9 Å². The molecular formula is C26H35FN4O4. The summed E-state index contributed by atoms with van der Waals surface area (Å²) in [5, 5.41) is 14.0. The van der Waals surface area contributed by atoms with Crippen molar-refractivity contribution in [1.29, 1.82) is 5.41 Å². The molecule has 1 fully saturated rings. The topological polar surface area (TPSA) is 119 Å². The summed E-state index contributed by atoms with van der Waals surface area (Å²) in [6.07, 6.45) is 4.19. The number of nitrogen functional groups attached to an aromatic ring is 1. The molecular weight excluding hydrogens is 451 g/mol. The van der Waals surface area contributed by atoms with Crippen LogP contribution in [-0.2, 0) is 9.53 Å². The number of nitrogens with one attached hydrogen (secondary N) is 3. The van der Waals surface area contributed by atoms with E-state index in [1.165, 1.54) is 25.0 Å². The summed E-state index contributed by atoms with van der Waals surface area (Å²) < 4.78 is 32.4. The van der Waals surface area contributed by atoms with E-state index in [0.717, 1.165) is 19.4 Å². The first-order chi connectivity index (χ1) is 16.9. The van der Waals surface area contributed by atoms with E-state index >= 15 is 4.39 Å². The molecule has 2 aromatic carbocycles. The summed E-state index contributed by atoms with van der Waals surface area (Å²) in [7, 11) is 0. The van der Waals surface area contributed by atoms with Gasteiger partial charge < -0.3 is 30.6 Å². The molecule has 2 atom stereocenters. The number of anilines is 1. The third-order valence-corrected chi connectivity index (χ3v) is 5.83.